The lowest BCUT2D eigenvalue weighted by Crippen LogP contribution is -2.53. The molecule has 0 aromatic heterocycles. The summed E-state index contributed by atoms with van der Waals surface area (Å²) in [5, 5.41) is 3.09. The molecular weight excluding hydrogens is 567 g/mol. The Morgan fingerprint density at radius 3 is 2.00 bits per heavy atom. The van der Waals surface area contributed by atoms with Crippen molar-refractivity contribution in [2.75, 3.05) is 26.2 Å². The van der Waals surface area contributed by atoms with Crippen molar-refractivity contribution in [2.24, 2.45) is 0 Å². The second-order valence-corrected chi connectivity index (χ2v) is 10.9. The number of amides is 1. The Bertz CT molecular complexity index is 1130. The number of nitrogens with zero attached hydrogens (tertiary/aromatic N) is 2. The van der Waals surface area contributed by atoms with Crippen LogP contribution >= 0.6 is 23.2 Å². The molecule has 4 nitrogen and oxygen atoms in total. The van der Waals surface area contributed by atoms with Gasteiger partial charge in [-0.1, -0.05) is 48.5 Å². The third kappa shape index (κ3) is 7.60. The van der Waals surface area contributed by atoms with Crippen LogP contribution in [0.15, 0.2) is 36.4 Å². The molecule has 2 fully saturated rings. The van der Waals surface area contributed by atoms with Gasteiger partial charge in [-0.3, -0.25) is 14.6 Å². The molecule has 0 radical (unpaired) electrons. The first-order valence-electron chi connectivity index (χ1n) is 12.8. The van der Waals surface area contributed by atoms with Crippen molar-refractivity contribution in [1.29, 1.82) is 0 Å². The summed E-state index contributed by atoms with van der Waals surface area (Å²) in [6, 6.07) is 5.74. The minimum atomic E-state index is -4.97. The van der Waals surface area contributed by atoms with E-state index in [1.54, 1.807) is 18.2 Å². The van der Waals surface area contributed by atoms with Gasteiger partial charge in [0.2, 0.25) is 5.91 Å². The van der Waals surface area contributed by atoms with Crippen LogP contribution in [0.1, 0.15) is 61.8 Å². The number of alkyl halides is 6. The number of rotatable bonds is 6. The molecule has 39 heavy (non-hydrogen) atoms. The minimum Gasteiger partial charge on any atom is -0.350 e. The molecule has 1 aliphatic carbocycles. The summed E-state index contributed by atoms with van der Waals surface area (Å²) in [4.78, 5) is 17.9. The van der Waals surface area contributed by atoms with E-state index in [-0.39, 0.29) is 18.1 Å². The van der Waals surface area contributed by atoms with E-state index in [4.69, 9.17) is 23.2 Å². The van der Waals surface area contributed by atoms with Crippen molar-refractivity contribution in [3.63, 3.8) is 0 Å². The molecule has 2 aliphatic rings. The third-order valence-electron chi connectivity index (χ3n) is 7.43. The van der Waals surface area contributed by atoms with Gasteiger partial charge in [-0.15, -0.1) is 0 Å². The van der Waals surface area contributed by atoms with E-state index in [0.717, 1.165) is 25.9 Å². The van der Waals surface area contributed by atoms with E-state index >= 15 is 0 Å². The summed E-state index contributed by atoms with van der Waals surface area (Å²) in [5.74, 6) is -0.550. The molecule has 4 rings (SSSR count). The predicted molar refractivity (Wildman–Crippen MR) is 140 cm³/mol. The Kier molecular flexibility index (Phi) is 9.41. The number of carbonyl (C=O) groups is 1. The summed E-state index contributed by atoms with van der Waals surface area (Å²) in [6.07, 6.45) is -4.01. The quantitative estimate of drug-likeness (QED) is 0.349. The highest BCUT2D eigenvalue weighted by atomic mass is 35.5. The fourth-order valence-electron chi connectivity index (χ4n) is 5.42. The van der Waals surface area contributed by atoms with E-state index in [2.05, 4.69) is 10.2 Å². The van der Waals surface area contributed by atoms with Crippen LogP contribution in [0.25, 0.3) is 0 Å². The fourth-order valence-corrected chi connectivity index (χ4v) is 5.73. The van der Waals surface area contributed by atoms with Crippen LogP contribution in [-0.4, -0.2) is 47.9 Å². The number of nitrogens with one attached hydrogen (secondary N) is 1. The second-order valence-electron chi connectivity index (χ2n) is 10.1. The molecule has 1 unspecified atom stereocenters. The topological polar surface area (TPSA) is 35.6 Å². The summed E-state index contributed by atoms with van der Waals surface area (Å²) < 4.78 is 79.7. The van der Waals surface area contributed by atoms with Crippen molar-refractivity contribution < 1.29 is 32.6 Å². The van der Waals surface area contributed by atoms with E-state index in [0.29, 0.717) is 41.9 Å². The van der Waals surface area contributed by atoms with Crippen molar-refractivity contribution in [3.05, 3.63) is 68.7 Å². The Morgan fingerprint density at radius 2 is 1.46 bits per heavy atom. The number of halogens is 8. The van der Waals surface area contributed by atoms with E-state index < -0.39 is 42.0 Å². The van der Waals surface area contributed by atoms with E-state index in [9.17, 15) is 31.1 Å². The molecule has 1 heterocycles. The number of hydrogen-bond donors (Lipinski definition) is 1. The number of hydrogen-bond acceptors (Lipinski definition) is 3. The van der Waals surface area contributed by atoms with Crippen LogP contribution in [0.4, 0.5) is 26.3 Å². The Hall–Kier alpha value is -2.01. The highest BCUT2D eigenvalue weighted by molar-refractivity contribution is 6.42. The molecule has 1 atom stereocenters. The zero-order valence-electron chi connectivity index (χ0n) is 21.0. The number of benzene rings is 2. The Balaban J connectivity index is 0.00000441. The number of piperazine rings is 1. The summed E-state index contributed by atoms with van der Waals surface area (Å²) in [7, 11) is 0. The SMILES string of the molecule is O=C(NCc1cc(C(F)(F)F)cc(C(F)(F)F)c1)C(c1ccc(Cl)c(Cl)c1)N1CCN(C2CCCCC2)CC1.[HH]. The molecular formula is C27H31Cl2F6N3O. The normalized spacial score (nSPS) is 19.2. The molecule has 2 aromatic carbocycles. The van der Waals surface area contributed by atoms with Crippen molar-refractivity contribution in [2.45, 2.75) is 63.1 Å². The summed E-state index contributed by atoms with van der Waals surface area (Å²) in [5.41, 5.74) is -2.63. The standard InChI is InChI=1S/C27H29Cl2F6N3O.H2/c28-22-7-6-18(14-23(22)29)24(38-10-8-37(9-11-38)21-4-2-1-3-5-21)25(39)36-16-17-12-19(26(30,31)32)15-20(13-17)27(33,34)35;/h6-7,12-15,21,24H,1-5,8-11,16H2,(H,36,39);1H. The molecule has 1 aliphatic heterocycles. The smallest absolute Gasteiger partial charge is 0.350 e. The van der Waals surface area contributed by atoms with Crippen molar-refractivity contribution >= 4 is 29.1 Å². The van der Waals surface area contributed by atoms with Gasteiger partial charge < -0.3 is 5.32 Å². The van der Waals surface area contributed by atoms with Gasteiger partial charge in [0.25, 0.3) is 0 Å². The third-order valence-corrected chi connectivity index (χ3v) is 8.17. The molecule has 0 spiro atoms. The van der Waals surface area contributed by atoms with Crippen molar-refractivity contribution in [3.8, 4) is 0 Å². The van der Waals surface area contributed by atoms with Gasteiger partial charge >= 0.3 is 12.4 Å². The molecule has 216 valence electrons. The monoisotopic (exact) mass is 597 g/mol. The molecule has 1 amide bonds. The average molecular weight is 598 g/mol. The van der Waals surface area contributed by atoms with Gasteiger partial charge in [0.05, 0.1) is 21.2 Å². The van der Waals surface area contributed by atoms with Gasteiger partial charge in [0.1, 0.15) is 6.04 Å². The maximum atomic E-state index is 13.5. The lowest BCUT2D eigenvalue weighted by atomic mass is 9.93. The zero-order chi connectivity index (χ0) is 28.4. The van der Waals surface area contributed by atoms with Crippen LogP contribution in [0.3, 0.4) is 0 Å². The van der Waals surface area contributed by atoms with E-state index in [1.807, 2.05) is 4.90 Å². The maximum absolute atomic E-state index is 13.5. The van der Waals surface area contributed by atoms with Gasteiger partial charge in [-0.05, 0) is 54.3 Å². The van der Waals surface area contributed by atoms with Gasteiger partial charge in [0, 0.05) is 40.2 Å². The second kappa shape index (κ2) is 12.2. The molecule has 1 saturated heterocycles. The molecule has 2 aromatic rings. The summed E-state index contributed by atoms with van der Waals surface area (Å²) in [6.45, 7) is 2.12. The minimum absolute atomic E-state index is 0. The highest BCUT2D eigenvalue weighted by Crippen LogP contribution is 2.37. The average Bonchev–Trinajstić information content (AvgIpc) is 2.89. The zero-order valence-corrected chi connectivity index (χ0v) is 22.5. The Morgan fingerprint density at radius 1 is 0.872 bits per heavy atom. The van der Waals surface area contributed by atoms with Crippen LogP contribution in [0.5, 0.6) is 0 Å². The number of carbonyl (C=O) groups excluding carboxylic acids is 1. The summed E-state index contributed by atoms with van der Waals surface area (Å²) >= 11 is 12.3. The molecule has 1 saturated carbocycles. The van der Waals surface area contributed by atoms with E-state index in [1.165, 1.54) is 19.3 Å². The first-order valence-corrected chi connectivity index (χ1v) is 13.6. The largest absolute Gasteiger partial charge is 0.416 e. The van der Waals surface area contributed by atoms with Gasteiger partial charge in [0.15, 0.2) is 0 Å². The van der Waals surface area contributed by atoms with Gasteiger partial charge in [-0.25, -0.2) is 0 Å². The molecule has 1 N–H and O–H groups in total. The first kappa shape index (κ1) is 30.0. The first-order chi connectivity index (χ1) is 18.3. The van der Waals surface area contributed by atoms with Crippen molar-refractivity contribution in [1.82, 2.24) is 15.1 Å². The maximum Gasteiger partial charge on any atom is 0.416 e. The lowest BCUT2D eigenvalue weighted by Gasteiger charge is -2.43. The van der Waals surface area contributed by atoms with Crippen LogP contribution < -0.4 is 5.32 Å². The molecule has 0 bridgehead atoms. The lowest BCUT2D eigenvalue weighted by molar-refractivity contribution is -0.143. The predicted octanol–water partition coefficient (Wildman–Crippen LogP) is 7.58. The Labute approximate surface area is 234 Å². The fraction of sp³-hybridized carbons (Fsp3) is 0.519. The van der Waals surface area contributed by atoms with Crippen LogP contribution in [0.2, 0.25) is 10.0 Å². The van der Waals surface area contributed by atoms with Crippen LogP contribution in [-0.2, 0) is 23.7 Å². The molecule has 12 heteroatoms. The van der Waals surface area contributed by atoms with Gasteiger partial charge in [-0.2, -0.15) is 26.3 Å². The van der Waals surface area contributed by atoms with Crippen LogP contribution in [0, 0.1) is 0 Å². The highest BCUT2D eigenvalue weighted by Gasteiger charge is 2.37.